The van der Waals surface area contributed by atoms with Crippen molar-refractivity contribution in [2.24, 2.45) is 0 Å². The topological polar surface area (TPSA) is 73.3 Å². The van der Waals surface area contributed by atoms with Gasteiger partial charge in [-0.05, 0) is 38.0 Å². The summed E-state index contributed by atoms with van der Waals surface area (Å²) in [6.45, 7) is 3.06. The van der Waals surface area contributed by atoms with E-state index in [0.717, 1.165) is 12.8 Å². The zero-order valence-corrected chi connectivity index (χ0v) is 14.0. The van der Waals surface area contributed by atoms with Crippen LogP contribution in [0.4, 0.5) is 0 Å². The molecule has 2 aromatic heterocycles. The van der Waals surface area contributed by atoms with Crippen LogP contribution in [-0.4, -0.2) is 38.2 Å². The molecule has 4 rings (SSSR count). The summed E-state index contributed by atoms with van der Waals surface area (Å²) in [5, 5.41) is 4.29. The Morgan fingerprint density at radius 3 is 2.96 bits per heavy atom. The standard InChI is InChI=1S/C18H20N4O3/c1-13(22-15-7-2-3-8-16(15)25-18(22)24)17(23)20-10-4-6-14(12-20)21-11-5-9-19-21/h2-3,5,7-9,11,13-14H,4,6,10,12H2,1H3/t13-,14-/m1/s1. The van der Waals surface area contributed by atoms with Gasteiger partial charge in [0.15, 0.2) is 5.58 Å². The third-order valence-corrected chi connectivity index (χ3v) is 4.87. The van der Waals surface area contributed by atoms with Gasteiger partial charge in [0.25, 0.3) is 0 Å². The number of nitrogens with zero attached hydrogens (tertiary/aromatic N) is 4. The number of carbonyl (C=O) groups excluding carboxylic acids is 1. The van der Waals surface area contributed by atoms with E-state index in [1.54, 1.807) is 31.3 Å². The van der Waals surface area contributed by atoms with Gasteiger partial charge in [0.1, 0.15) is 6.04 Å². The number of benzene rings is 1. The van der Waals surface area contributed by atoms with Crippen LogP contribution in [0.2, 0.25) is 0 Å². The number of hydrogen-bond donors (Lipinski definition) is 0. The smallest absolute Gasteiger partial charge is 0.408 e. The zero-order chi connectivity index (χ0) is 17.4. The van der Waals surface area contributed by atoms with E-state index in [2.05, 4.69) is 5.10 Å². The van der Waals surface area contributed by atoms with E-state index in [0.29, 0.717) is 24.2 Å². The molecule has 3 aromatic rings. The minimum Gasteiger partial charge on any atom is -0.408 e. The van der Waals surface area contributed by atoms with E-state index >= 15 is 0 Å². The van der Waals surface area contributed by atoms with Crippen molar-refractivity contribution < 1.29 is 9.21 Å². The summed E-state index contributed by atoms with van der Waals surface area (Å²) < 4.78 is 8.61. The molecule has 0 aliphatic carbocycles. The summed E-state index contributed by atoms with van der Waals surface area (Å²) in [6, 6.07) is 8.64. The Hall–Kier alpha value is -2.83. The SMILES string of the molecule is C[C@H](C(=O)N1CCC[C@@H](n2cccn2)C1)n1c(=O)oc2ccccc21. The molecule has 130 valence electrons. The fourth-order valence-electron chi connectivity index (χ4n) is 3.59. The third kappa shape index (κ3) is 2.75. The van der Waals surface area contributed by atoms with Crippen molar-refractivity contribution in [3.63, 3.8) is 0 Å². The number of piperidine rings is 1. The Bertz CT molecular complexity index is 941. The molecule has 25 heavy (non-hydrogen) atoms. The van der Waals surface area contributed by atoms with Gasteiger partial charge in [0.2, 0.25) is 5.91 Å². The number of fused-ring (bicyclic) bond motifs is 1. The van der Waals surface area contributed by atoms with E-state index in [1.807, 2.05) is 27.9 Å². The predicted molar refractivity (Wildman–Crippen MR) is 92.3 cm³/mol. The second kappa shape index (κ2) is 6.23. The molecule has 1 aromatic carbocycles. The van der Waals surface area contributed by atoms with Crippen molar-refractivity contribution >= 4 is 17.0 Å². The van der Waals surface area contributed by atoms with Gasteiger partial charge in [-0.15, -0.1) is 0 Å². The fourth-order valence-corrected chi connectivity index (χ4v) is 3.59. The lowest BCUT2D eigenvalue weighted by Crippen LogP contribution is -2.44. The summed E-state index contributed by atoms with van der Waals surface area (Å²) in [4.78, 5) is 27.1. The molecule has 0 radical (unpaired) electrons. The maximum Gasteiger partial charge on any atom is 0.420 e. The molecule has 7 nitrogen and oxygen atoms in total. The normalized spacial score (nSPS) is 19.2. The van der Waals surface area contributed by atoms with Crippen LogP contribution in [0.3, 0.4) is 0 Å². The van der Waals surface area contributed by atoms with Crippen LogP contribution in [0.25, 0.3) is 11.1 Å². The molecule has 0 N–H and O–H groups in total. The number of para-hydroxylation sites is 2. The van der Waals surface area contributed by atoms with Crippen LogP contribution >= 0.6 is 0 Å². The first-order valence-corrected chi connectivity index (χ1v) is 8.53. The largest absolute Gasteiger partial charge is 0.420 e. The number of likely N-dealkylation sites (tertiary alicyclic amines) is 1. The molecule has 3 heterocycles. The van der Waals surface area contributed by atoms with Crippen molar-refractivity contribution in [3.8, 4) is 0 Å². The Morgan fingerprint density at radius 2 is 2.16 bits per heavy atom. The van der Waals surface area contributed by atoms with Gasteiger partial charge >= 0.3 is 5.76 Å². The van der Waals surface area contributed by atoms with Gasteiger partial charge in [0.05, 0.1) is 11.6 Å². The molecule has 0 spiro atoms. The maximum atomic E-state index is 13.0. The van der Waals surface area contributed by atoms with Crippen molar-refractivity contribution in [3.05, 3.63) is 53.3 Å². The fraction of sp³-hybridized carbons (Fsp3) is 0.389. The van der Waals surface area contributed by atoms with E-state index in [9.17, 15) is 9.59 Å². The molecule has 1 saturated heterocycles. The lowest BCUT2D eigenvalue weighted by molar-refractivity contribution is -0.136. The summed E-state index contributed by atoms with van der Waals surface area (Å²) in [5.74, 6) is -0.562. The van der Waals surface area contributed by atoms with Gasteiger partial charge in [0, 0.05) is 25.5 Å². The Morgan fingerprint density at radius 1 is 1.32 bits per heavy atom. The molecule has 1 amide bonds. The van der Waals surface area contributed by atoms with Gasteiger partial charge < -0.3 is 9.32 Å². The lowest BCUT2D eigenvalue weighted by Gasteiger charge is -2.34. The molecule has 1 aliphatic rings. The van der Waals surface area contributed by atoms with E-state index in [4.69, 9.17) is 4.42 Å². The monoisotopic (exact) mass is 340 g/mol. The van der Waals surface area contributed by atoms with Crippen molar-refractivity contribution in [1.82, 2.24) is 19.2 Å². The van der Waals surface area contributed by atoms with E-state index < -0.39 is 11.8 Å². The van der Waals surface area contributed by atoms with Gasteiger partial charge in [-0.2, -0.15) is 5.10 Å². The predicted octanol–water partition coefficient (Wildman–Crippen LogP) is 2.22. The first kappa shape index (κ1) is 15.7. The quantitative estimate of drug-likeness (QED) is 0.733. The summed E-state index contributed by atoms with van der Waals surface area (Å²) in [6.07, 6.45) is 5.59. The molecule has 0 saturated carbocycles. The van der Waals surface area contributed by atoms with Crippen molar-refractivity contribution in [1.29, 1.82) is 0 Å². The number of rotatable bonds is 3. The van der Waals surface area contributed by atoms with Crippen molar-refractivity contribution in [2.45, 2.75) is 31.8 Å². The minimum absolute atomic E-state index is 0.0643. The molecule has 7 heteroatoms. The van der Waals surface area contributed by atoms with Gasteiger partial charge in [-0.3, -0.25) is 14.0 Å². The van der Waals surface area contributed by atoms with Crippen LogP contribution in [0.5, 0.6) is 0 Å². The third-order valence-electron chi connectivity index (χ3n) is 4.87. The average molecular weight is 340 g/mol. The molecule has 0 bridgehead atoms. The lowest BCUT2D eigenvalue weighted by atomic mass is 10.0. The Labute approximate surface area is 144 Å². The average Bonchev–Trinajstić information content (AvgIpc) is 3.27. The van der Waals surface area contributed by atoms with Crippen LogP contribution in [-0.2, 0) is 4.79 Å². The zero-order valence-electron chi connectivity index (χ0n) is 14.0. The van der Waals surface area contributed by atoms with Gasteiger partial charge in [-0.25, -0.2) is 4.79 Å². The second-order valence-corrected chi connectivity index (χ2v) is 6.45. The Kier molecular flexibility index (Phi) is 3.91. The highest BCUT2D eigenvalue weighted by molar-refractivity contribution is 5.83. The maximum absolute atomic E-state index is 13.0. The highest BCUT2D eigenvalue weighted by Crippen LogP contribution is 2.24. The summed E-state index contributed by atoms with van der Waals surface area (Å²) in [7, 11) is 0. The van der Waals surface area contributed by atoms with Crippen LogP contribution in [0, 0.1) is 0 Å². The number of hydrogen-bond acceptors (Lipinski definition) is 4. The van der Waals surface area contributed by atoms with Gasteiger partial charge in [-0.1, -0.05) is 12.1 Å². The highest BCUT2D eigenvalue weighted by atomic mass is 16.4. The van der Waals surface area contributed by atoms with E-state index in [1.165, 1.54) is 4.57 Å². The Balaban J connectivity index is 1.59. The number of oxazole rings is 1. The molecular weight excluding hydrogens is 320 g/mol. The molecular formula is C18H20N4O3. The number of carbonyl (C=O) groups is 1. The number of amides is 1. The minimum atomic E-state index is -0.604. The molecule has 1 fully saturated rings. The highest BCUT2D eigenvalue weighted by Gasteiger charge is 2.30. The van der Waals surface area contributed by atoms with Crippen LogP contribution in [0.15, 0.2) is 51.9 Å². The summed E-state index contributed by atoms with van der Waals surface area (Å²) in [5.41, 5.74) is 1.15. The van der Waals surface area contributed by atoms with Crippen LogP contribution in [0.1, 0.15) is 31.8 Å². The summed E-state index contributed by atoms with van der Waals surface area (Å²) >= 11 is 0. The second-order valence-electron chi connectivity index (χ2n) is 6.45. The van der Waals surface area contributed by atoms with Crippen LogP contribution < -0.4 is 5.76 Å². The molecule has 2 atom stereocenters. The van der Waals surface area contributed by atoms with E-state index in [-0.39, 0.29) is 11.9 Å². The van der Waals surface area contributed by atoms with Crippen molar-refractivity contribution in [2.75, 3.05) is 13.1 Å². The first-order chi connectivity index (χ1) is 12.1. The molecule has 0 unspecified atom stereocenters. The molecule has 1 aliphatic heterocycles. The first-order valence-electron chi connectivity index (χ1n) is 8.53. The number of aromatic nitrogens is 3.